The standard InChI is InChI=1S/C19H18/c1-13-5-4-8-16-11-17-9-14-6-2-3-7-15(14)10-18(17)12-19(13)16/h2-3,6-7,9-13H,4-5,8H2,1H3. The molecule has 0 heterocycles. The molecule has 0 N–H and O–H groups in total. The average molecular weight is 246 g/mol. The molecule has 0 nitrogen and oxygen atoms in total. The molecule has 1 aliphatic rings. The maximum atomic E-state index is 2.43. The summed E-state index contributed by atoms with van der Waals surface area (Å²) in [5, 5.41) is 5.48. The predicted molar refractivity (Wildman–Crippen MR) is 82.8 cm³/mol. The van der Waals surface area contributed by atoms with E-state index in [0.29, 0.717) is 0 Å². The fourth-order valence-electron chi connectivity index (χ4n) is 3.49. The highest BCUT2D eigenvalue weighted by Gasteiger charge is 2.16. The second-order valence-electron chi connectivity index (χ2n) is 5.89. The summed E-state index contributed by atoms with van der Waals surface area (Å²) in [6.07, 6.45) is 3.93. The Morgan fingerprint density at radius 2 is 1.53 bits per heavy atom. The summed E-state index contributed by atoms with van der Waals surface area (Å²) < 4.78 is 0. The molecule has 0 aromatic heterocycles. The molecule has 4 rings (SSSR count). The van der Waals surface area contributed by atoms with Crippen molar-refractivity contribution in [1.82, 2.24) is 0 Å². The zero-order chi connectivity index (χ0) is 12.8. The van der Waals surface area contributed by atoms with Gasteiger partial charge in [0.25, 0.3) is 0 Å². The van der Waals surface area contributed by atoms with Gasteiger partial charge in [-0.15, -0.1) is 0 Å². The second-order valence-corrected chi connectivity index (χ2v) is 5.89. The summed E-state index contributed by atoms with van der Waals surface area (Å²) in [5.41, 5.74) is 3.15. The summed E-state index contributed by atoms with van der Waals surface area (Å²) in [6.45, 7) is 2.37. The summed E-state index contributed by atoms with van der Waals surface area (Å²) in [7, 11) is 0. The number of aryl methyl sites for hydroxylation is 1. The highest BCUT2D eigenvalue weighted by molar-refractivity contribution is 5.98. The van der Waals surface area contributed by atoms with Crippen LogP contribution in [0.4, 0.5) is 0 Å². The van der Waals surface area contributed by atoms with Gasteiger partial charge < -0.3 is 0 Å². The largest absolute Gasteiger partial charge is 0.0616 e. The predicted octanol–water partition coefficient (Wildman–Crippen LogP) is 5.43. The minimum Gasteiger partial charge on any atom is -0.0616 e. The first-order valence-corrected chi connectivity index (χ1v) is 7.26. The molecule has 0 aliphatic heterocycles. The third kappa shape index (κ3) is 1.74. The van der Waals surface area contributed by atoms with Gasteiger partial charge in [0, 0.05) is 0 Å². The van der Waals surface area contributed by atoms with Gasteiger partial charge in [-0.2, -0.15) is 0 Å². The Balaban J connectivity index is 2.04. The molecule has 0 bridgehead atoms. The smallest absolute Gasteiger partial charge is 0.0175 e. The van der Waals surface area contributed by atoms with Gasteiger partial charge in [0.15, 0.2) is 0 Å². The average Bonchev–Trinajstić information content (AvgIpc) is 2.44. The van der Waals surface area contributed by atoms with Crippen molar-refractivity contribution >= 4 is 21.5 Å². The molecule has 0 radical (unpaired) electrons. The van der Waals surface area contributed by atoms with Crippen LogP contribution >= 0.6 is 0 Å². The first-order chi connectivity index (χ1) is 9.31. The Morgan fingerprint density at radius 1 is 0.842 bits per heavy atom. The van der Waals surface area contributed by atoms with Gasteiger partial charge in [0.1, 0.15) is 0 Å². The minimum atomic E-state index is 0.722. The van der Waals surface area contributed by atoms with Crippen LogP contribution in [-0.4, -0.2) is 0 Å². The van der Waals surface area contributed by atoms with E-state index in [1.165, 1.54) is 40.8 Å². The Bertz CT molecular complexity index is 767. The molecule has 0 fully saturated rings. The molecule has 1 unspecified atom stereocenters. The SMILES string of the molecule is CC1CCCc2cc3cc4ccccc4cc3cc21. The summed E-state index contributed by atoms with van der Waals surface area (Å²) in [5.74, 6) is 0.722. The van der Waals surface area contributed by atoms with E-state index in [1.807, 2.05) is 0 Å². The van der Waals surface area contributed by atoms with Gasteiger partial charge >= 0.3 is 0 Å². The molecular weight excluding hydrogens is 228 g/mol. The van der Waals surface area contributed by atoms with Gasteiger partial charge in [0.05, 0.1) is 0 Å². The number of rotatable bonds is 0. The van der Waals surface area contributed by atoms with E-state index in [0.717, 1.165) is 5.92 Å². The Kier molecular flexibility index (Phi) is 2.38. The lowest BCUT2D eigenvalue weighted by molar-refractivity contribution is 0.591. The quantitative estimate of drug-likeness (QED) is 0.464. The lowest BCUT2D eigenvalue weighted by Crippen LogP contribution is -2.06. The van der Waals surface area contributed by atoms with E-state index in [4.69, 9.17) is 0 Å². The van der Waals surface area contributed by atoms with E-state index >= 15 is 0 Å². The van der Waals surface area contributed by atoms with Crippen LogP contribution < -0.4 is 0 Å². The zero-order valence-electron chi connectivity index (χ0n) is 11.3. The molecule has 0 amide bonds. The van der Waals surface area contributed by atoms with Crippen molar-refractivity contribution in [3.63, 3.8) is 0 Å². The van der Waals surface area contributed by atoms with Crippen molar-refractivity contribution in [2.45, 2.75) is 32.1 Å². The van der Waals surface area contributed by atoms with Gasteiger partial charge in [-0.05, 0) is 70.0 Å². The Morgan fingerprint density at radius 3 is 2.26 bits per heavy atom. The first kappa shape index (κ1) is 11.0. The van der Waals surface area contributed by atoms with E-state index in [2.05, 4.69) is 55.5 Å². The maximum Gasteiger partial charge on any atom is -0.0175 e. The topological polar surface area (TPSA) is 0 Å². The van der Waals surface area contributed by atoms with Crippen molar-refractivity contribution in [3.8, 4) is 0 Å². The molecular formula is C19H18. The highest BCUT2D eigenvalue weighted by atomic mass is 14.2. The number of hydrogen-bond donors (Lipinski definition) is 0. The van der Waals surface area contributed by atoms with Crippen LogP contribution in [0, 0.1) is 0 Å². The maximum absolute atomic E-state index is 2.43. The van der Waals surface area contributed by atoms with E-state index in [-0.39, 0.29) is 0 Å². The second kappa shape index (κ2) is 4.09. The summed E-state index contributed by atoms with van der Waals surface area (Å²) in [6, 6.07) is 18.2. The molecule has 94 valence electrons. The Labute approximate surface area is 114 Å². The van der Waals surface area contributed by atoms with E-state index < -0.39 is 0 Å². The van der Waals surface area contributed by atoms with Crippen LogP contribution in [0.2, 0.25) is 0 Å². The summed E-state index contributed by atoms with van der Waals surface area (Å²) in [4.78, 5) is 0. The van der Waals surface area contributed by atoms with Gasteiger partial charge in [-0.3, -0.25) is 0 Å². The fourth-order valence-corrected chi connectivity index (χ4v) is 3.49. The van der Waals surface area contributed by atoms with Crippen LogP contribution in [0.1, 0.15) is 36.8 Å². The normalized spacial score (nSPS) is 18.7. The van der Waals surface area contributed by atoms with Crippen LogP contribution in [-0.2, 0) is 6.42 Å². The monoisotopic (exact) mass is 246 g/mol. The molecule has 0 saturated heterocycles. The van der Waals surface area contributed by atoms with Crippen LogP contribution in [0.5, 0.6) is 0 Å². The number of benzene rings is 3. The number of fused-ring (bicyclic) bond motifs is 3. The number of hydrogen-bond acceptors (Lipinski definition) is 0. The van der Waals surface area contributed by atoms with Crippen molar-refractivity contribution in [2.24, 2.45) is 0 Å². The zero-order valence-corrected chi connectivity index (χ0v) is 11.3. The fraction of sp³-hybridized carbons (Fsp3) is 0.263. The van der Waals surface area contributed by atoms with E-state index in [9.17, 15) is 0 Å². The van der Waals surface area contributed by atoms with Crippen molar-refractivity contribution in [3.05, 3.63) is 59.7 Å². The Hall–Kier alpha value is -1.82. The van der Waals surface area contributed by atoms with Crippen molar-refractivity contribution in [2.75, 3.05) is 0 Å². The van der Waals surface area contributed by atoms with Crippen LogP contribution in [0.25, 0.3) is 21.5 Å². The van der Waals surface area contributed by atoms with Gasteiger partial charge in [-0.25, -0.2) is 0 Å². The highest BCUT2D eigenvalue weighted by Crippen LogP contribution is 2.35. The van der Waals surface area contributed by atoms with E-state index in [1.54, 1.807) is 11.1 Å². The molecule has 3 aromatic rings. The molecule has 19 heavy (non-hydrogen) atoms. The van der Waals surface area contributed by atoms with Gasteiger partial charge in [-0.1, -0.05) is 43.3 Å². The lowest BCUT2D eigenvalue weighted by Gasteiger charge is -2.23. The molecule has 0 spiro atoms. The van der Waals surface area contributed by atoms with Gasteiger partial charge in [0.2, 0.25) is 0 Å². The van der Waals surface area contributed by atoms with Crippen LogP contribution in [0.3, 0.4) is 0 Å². The van der Waals surface area contributed by atoms with Crippen LogP contribution in [0.15, 0.2) is 48.5 Å². The van der Waals surface area contributed by atoms with Crippen molar-refractivity contribution in [1.29, 1.82) is 0 Å². The molecule has 1 atom stereocenters. The minimum absolute atomic E-state index is 0.722. The van der Waals surface area contributed by atoms with Crippen molar-refractivity contribution < 1.29 is 0 Å². The molecule has 0 heteroatoms. The third-order valence-electron chi connectivity index (χ3n) is 4.58. The lowest BCUT2D eigenvalue weighted by atomic mass is 9.82. The molecule has 0 saturated carbocycles. The molecule has 1 aliphatic carbocycles. The summed E-state index contributed by atoms with van der Waals surface area (Å²) >= 11 is 0. The first-order valence-electron chi connectivity index (χ1n) is 7.26. The third-order valence-corrected chi connectivity index (χ3v) is 4.58. The molecule has 3 aromatic carbocycles.